The van der Waals surface area contributed by atoms with Crippen molar-refractivity contribution in [1.29, 1.82) is 0 Å². The third kappa shape index (κ3) is 3.67. The van der Waals surface area contributed by atoms with Crippen LogP contribution in [0.5, 0.6) is 0 Å². The van der Waals surface area contributed by atoms with Gasteiger partial charge in [-0.3, -0.25) is 9.36 Å². The maximum absolute atomic E-state index is 13.6. The van der Waals surface area contributed by atoms with Crippen molar-refractivity contribution in [3.63, 3.8) is 0 Å². The zero-order valence-corrected chi connectivity index (χ0v) is 16.6. The largest absolute Gasteiger partial charge is 0.463 e. The maximum Gasteiger partial charge on any atom is 0.330 e. The Bertz CT molecular complexity index is 1270. The van der Waals surface area contributed by atoms with E-state index < -0.39 is 5.97 Å². The smallest absolute Gasteiger partial charge is 0.330 e. The Morgan fingerprint density at radius 3 is 2.13 bits per heavy atom. The second kappa shape index (κ2) is 8.62. The number of fused-ring (bicyclic) bond motifs is 1. The standard InChI is InChI=1S/C26H21NO3/c1-2-30-24(28)18-17-22-21-15-9-10-16-23(21)26(29)27(20-13-7-4-8-14-20)25(22)19-11-5-3-6-12-19/h3-18H,2H2,1H3/b18-17+. The lowest BCUT2D eigenvalue weighted by atomic mass is 9.98. The predicted octanol–water partition coefficient (Wildman–Crippen LogP) is 5.23. The van der Waals surface area contributed by atoms with Gasteiger partial charge in [0.25, 0.3) is 5.56 Å². The molecule has 1 aromatic heterocycles. The number of rotatable bonds is 5. The molecule has 0 aliphatic rings. The second-order valence-corrected chi connectivity index (χ2v) is 6.74. The predicted molar refractivity (Wildman–Crippen MR) is 121 cm³/mol. The van der Waals surface area contributed by atoms with Gasteiger partial charge in [0.1, 0.15) is 0 Å². The van der Waals surface area contributed by atoms with Crippen LogP contribution in [0, 0.1) is 0 Å². The van der Waals surface area contributed by atoms with E-state index in [1.807, 2.05) is 84.9 Å². The van der Waals surface area contributed by atoms with Gasteiger partial charge in [0.15, 0.2) is 0 Å². The molecule has 0 saturated heterocycles. The number of ether oxygens (including phenoxy) is 1. The number of aromatic nitrogens is 1. The number of carbonyl (C=O) groups is 1. The van der Waals surface area contributed by atoms with E-state index >= 15 is 0 Å². The molecule has 0 unspecified atom stereocenters. The lowest BCUT2D eigenvalue weighted by molar-refractivity contribution is -0.137. The molecule has 0 aliphatic carbocycles. The van der Waals surface area contributed by atoms with Crippen LogP contribution in [-0.4, -0.2) is 17.1 Å². The number of hydrogen-bond acceptors (Lipinski definition) is 3. The first-order chi connectivity index (χ1) is 14.7. The Kier molecular flexibility index (Phi) is 5.57. The molecule has 0 N–H and O–H groups in total. The Morgan fingerprint density at radius 2 is 1.47 bits per heavy atom. The van der Waals surface area contributed by atoms with Crippen LogP contribution in [0.25, 0.3) is 33.8 Å². The molecule has 0 atom stereocenters. The van der Waals surface area contributed by atoms with Crippen molar-refractivity contribution >= 4 is 22.8 Å². The number of esters is 1. The zero-order chi connectivity index (χ0) is 20.9. The minimum absolute atomic E-state index is 0.107. The highest BCUT2D eigenvalue weighted by atomic mass is 16.5. The number of carbonyl (C=O) groups excluding carboxylic acids is 1. The van der Waals surface area contributed by atoms with Crippen LogP contribution < -0.4 is 5.56 Å². The second-order valence-electron chi connectivity index (χ2n) is 6.74. The summed E-state index contributed by atoms with van der Waals surface area (Å²) in [6.45, 7) is 2.07. The summed E-state index contributed by atoms with van der Waals surface area (Å²) in [5, 5.41) is 1.37. The summed E-state index contributed by atoms with van der Waals surface area (Å²) < 4.78 is 6.78. The molecule has 0 saturated carbocycles. The first kappa shape index (κ1) is 19.4. The van der Waals surface area contributed by atoms with E-state index in [1.54, 1.807) is 17.6 Å². The fourth-order valence-corrected chi connectivity index (χ4v) is 3.59. The van der Waals surface area contributed by atoms with Crippen LogP contribution in [0.3, 0.4) is 0 Å². The topological polar surface area (TPSA) is 48.3 Å². The van der Waals surface area contributed by atoms with E-state index in [9.17, 15) is 9.59 Å². The molecule has 0 fully saturated rings. The normalized spacial score (nSPS) is 11.1. The average molecular weight is 395 g/mol. The number of hydrogen-bond donors (Lipinski definition) is 0. The molecule has 4 aromatic rings. The van der Waals surface area contributed by atoms with E-state index in [-0.39, 0.29) is 5.56 Å². The molecule has 3 aromatic carbocycles. The third-order valence-corrected chi connectivity index (χ3v) is 4.86. The summed E-state index contributed by atoms with van der Waals surface area (Å²) >= 11 is 0. The van der Waals surface area contributed by atoms with Gasteiger partial charge in [-0.2, -0.15) is 0 Å². The van der Waals surface area contributed by atoms with Crippen molar-refractivity contribution < 1.29 is 9.53 Å². The Hall–Kier alpha value is -3.92. The van der Waals surface area contributed by atoms with Gasteiger partial charge < -0.3 is 4.74 Å². The molecule has 4 nitrogen and oxygen atoms in total. The fourth-order valence-electron chi connectivity index (χ4n) is 3.59. The van der Waals surface area contributed by atoms with Gasteiger partial charge in [-0.25, -0.2) is 4.79 Å². The number of benzene rings is 3. The molecular formula is C26H21NO3. The highest BCUT2D eigenvalue weighted by Crippen LogP contribution is 2.31. The van der Waals surface area contributed by atoms with Crippen LogP contribution in [0.1, 0.15) is 12.5 Å². The molecule has 30 heavy (non-hydrogen) atoms. The van der Waals surface area contributed by atoms with Crippen LogP contribution in [-0.2, 0) is 9.53 Å². The van der Waals surface area contributed by atoms with Crippen LogP contribution in [0.4, 0.5) is 0 Å². The Balaban J connectivity index is 2.13. The number of para-hydroxylation sites is 1. The van der Waals surface area contributed by atoms with Gasteiger partial charge in [-0.05, 0) is 42.1 Å². The van der Waals surface area contributed by atoms with Crippen molar-refractivity contribution in [3.8, 4) is 16.9 Å². The van der Waals surface area contributed by atoms with E-state index in [0.717, 1.165) is 27.9 Å². The first-order valence-corrected chi connectivity index (χ1v) is 9.84. The molecule has 0 aliphatic heterocycles. The Labute approximate surface area is 174 Å². The average Bonchev–Trinajstić information content (AvgIpc) is 2.79. The SMILES string of the molecule is CCOC(=O)/C=C/c1c(-c2ccccc2)n(-c2ccccc2)c(=O)c2ccccc12. The summed E-state index contributed by atoms with van der Waals surface area (Å²) in [6, 6.07) is 26.7. The van der Waals surface area contributed by atoms with E-state index in [1.165, 1.54) is 6.08 Å². The molecule has 4 rings (SSSR count). The molecule has 0 spiro atoms. The van der Waals surface area contributed by atoms with Crippen molar-refractivity contribution in [2.45, 2.75) is 6.92 Å². The summed E-state index contributed by atoms with van der Waals surface area (Å²) in [5.41, 5.74) is 3.05. The van der Waals surface area contributed by atoms with Crippen molar-refractivity contribution in [3.05, 3.63) is 107 Å². The lowest BCUT2D eigenvalue weighted by Gasteiger charge is -2.19. The van der Waals surface area contributed by atoms with Crippen LogP contribution >= 0.6 is 0 Å². The van der Waals surface area contributed by atoms with Crippen molar-refractivity contribution in [1.82, 2.24) is 4.57 Å². The van der Waals surface area contributed by atoms with Gasteiger partial charge in [-0.1, -0.05) is 66.7 Å². The van der Waals surface area contributed by atoms with Gasteiger partial charge in [0.2, 0.25) is 0 Å². The van der Waals surface area contributed by atoms with E-state index in [2.05, 4.69) is 0 Å². The molecule has 0 bridgehead atoms. The van der Waals surface area contributed by atoms with Crippen molar-refractivity contribution in [2.75, 3.05) is 6.61 Å². The molecule has 0 radical (unpaired) electrons. The number of pyridine rings is 1. The van der Waals surface area contributed by atoms with E-state index in [4.69, 9.17) is 4.74 Å². The quantitative estimate of drug-likeness (QED) is 0.343. The minimum Gasteiger partial charge on any atom is -0.463 e. The summed E-state index contributed by atoms with van der Waals surface area (Å²) in [5.74, 6) is -0.418. The molecular weight excluding hydrogens is 374 g/mol. The zero-order valence-electron chi connectivity index (χ0n) is 16.6. The highest BCUT2D eigenvalue weighted by Gasteiger charge is 2.18. The molecule has 4 heteroatoms. The van der Waals surface area contributed by atoms with Gasteiger partial charge in [-0.15, -0.1) is 0 Å². The maximum atomic E-state index is 13.6. The van der Waals surface area contributed by atoms with Gasteiger partial charge >= 0.3 is 5.97 Å². The summed E-state index contributed by atoms with van der Waals surface area (Å²) in [7, 11) is 0. The summed E-state index contributed by atoms with van der Waals surface area (Å²) in [4.78, 5) is 25.6. The highest BCUT2D eigenvalue weighted by molar-refractivity contribution is 5.99. The summed E-state index contributed by atoms with van der Waals surface area (Å²) in [6.07, 6.45) is 3.15. The first-order valence-electron chi connectivity index (χ1n) is 9.84. The van der Waals surface area contributed by atoms with E-state index in [0.29, 0.717) is 12.0 Å². The monoisotopic (exact) mass is 395 g/mol. The Morgan fingerprint density at radius 1 is 0.867 bits per heavy atom. The lowest BCUT2D eigenvalue weighted by Crippen LogP contribution is -2.21. The molecule has 1 heterocycles. The van der Waals surface area contributed by atoms with Gasteiger partial charge in [0.05, 0.1) is 12.3 Å². The molecule has 0 amide bonds. The van der Waals surface area contributed by atoms with Crippen LogP contribution in [0.15, 0.2) is 95.8 Å². The van der Waals surface area contributed by atoms with Gasteiger partial charge in [0, 0.05) is 22.7 Å². The third-order valence-electron chi connectivity index (χ3n) is 4.86. The number of nitrogens with zero attached hydrogens (tertiary/aromatic N) is 1. The molecule has 148 valence electrons. The fraction of sp³-hybridized carbons (Fsp3) is 0.0769. The minimum atomic E-state index is -0.418. The van der Waals surface area contributed by atoms with Crippen LogP contribution in [0.2, 0.25) is 0 Å². The van der Waals surface area contributed by atoms with Crippen molar-refractivity contribution in [2.24, 2.45) is 0 Å².